The number of amides is 1. The van der Waals surface area contributed by atoms with Crippen LogP contribution in [0.3, 0.4) is 0 Å². The molecule has 0 saturated carbocycles. The Morgan fingerprint density at radius 3 is 2.66 bits per heavy atom. The summed E-state index contributed by atoms with van der Waals surface area (Å²) >= 11 is 0. The summed E-state index contributed by atoms with van der Waals surface area (Å²) in [5.74, 6) is 0.860. The van der Waals surface area contributed by atoms with Crippen LogP contribution < -0.4 is 0 Å². The Bertz CT molecular complexity index is 848. The Morgan fingerprint density at radius 2 is 1.91 bits per heavy atom. The van der Waals surface area contributed by atoms with Crippen LogP contribution in [0.25, 0.3) is 5.76 Å². The maximum Gasteiger partial charge on any atom is 0.263 e. The molecule has 1 aliphatic rings. The molecular formula is C27H38N2O3. The third-order valence-electron chi connectivity index (χ3n) is 5.36. The number of carbonyl (C=O) groups excluding carboxylic acids is 1. The number of carbonyl (C=O) groups is 1. The lowest BCUT2D eigenvalue weighted by molar-refractivity contribution is -0.135. The molecule has 0 aliphatic carbocycles. The molecule has 1 aliphatic heterocycles. The van der Waals surface area contributed by atoms with E-state index in [-0.39, 0.29) is 12.5 Å². The van der Waals surface area contributed by atoms with Gasteiger partial charge in [-0.05, 0) is 64.2 Å². The summed E-state index contributed by atoms with van der Waals surface area (Å²) in [4.78, 5) is 19.6. The minimum Gasteiger partial charge on any atom is -0.493 e. The molecule has 0 fully saturated rings. The first-order valence-electron chi connectivity index (χ1n) is 11.8. The van der Waals surface area contributed by atoms with Crippen LogP contribution in [-0.2, 0) is 20.8 Å². The molecule has 1 aromatic carbocycles. The van der Waals surface area contributed by atoms with Crippen LogP contribution in [-0.4, -0.2) is 42.8 Å². The van der Waals surface area contributed by atoms with E-state index in [1.165, 1.54) is 5.57 Å². The molecule has 0 spiro atoms. The van der Waals surface area contributed by atoms with E-state index >= 15 is 0 Å². The Labute approximate surface area is 193 Å². The zero-order chi connectivity index (χ0) is 23.2. The second-order valence-corrected chi connectivity index (χ2v) is 7.87. The summed E-state index contributed by atoms with van der Waals surface area (Å²) in [6, 6.07) is 8.27. The molecule has 0 atom stereocenters. The molecule has 0 radical (unpaired) electrons. The number of nitrogens with zero attached hydrogens (tertiary/aromatic N) is 2. The largest absolute Gasteiger partial charge is 0.493 e. The SMILES string of the molecule is CC/C=C1/OCC/C=C/CC/C(C)=C/C(=N/OCC(=O)N(CC)CC)Cc2ccccc21. The third-order valence-corrected chi connectivity index (χ3v) is 5.36. The van der Waals surface area contributed by atoms with E-state index < -0.39 is 0 Å². The van der Waals surface area contributed by atoms with Gasteiger partial charge in [0.2, 0.25) is 0 Å². The van der Waals surface area contributed by atoms with Gasteiger partial charge in [0.1, 0.15) is 5.76 Å². The van der Waals surface area contributed by atoms with Gasteiger partial charge in [-0.2, -0.15) is 0 Å². The van der Waals surface area contributed by atoms with Crippen LogP contribution in [0.4, 0.5) is 0 Å². The second kappa shape index (κ2) is 14.3. The summed E-state index contributed by atoms with van der Waals surface area (Å²) < 4.78 is 6.15. The van der Waals surface area contributed by atoms with E-state index in [9.17, 15) is 4.79 Å². The molecule has 174 valence electrons. The van der Waals surface area contributed by atoms with Crippen molar-refractivity contribution in [3.63, 3.8) is 0 Å². The van der Waals surface area contributed by atoms with E-state index in [4.69, 9.17) is 9.57 Å². The number of likely N-dealkylation sites (N-methyl/N-ethyl adjacent to an activating group) is 1. The fourth-order valence-corrected chi connectivity index (χ4v) is 3.63. The van der Waals surface area contributed by atoms with Crippen molar-refractivity contribution in [1.82, 2.24) is 4.90 Å². The topological polar surface area (TPSA) is 51.1 Å². The van der Waals surface area contributed by atoms with Crippen LogP contribution in [0.5, 0.6) is 0 Å². The first-order valence-corrected chi connectivity index (χ1v) is 11.8. The normalized spacial score (nSPS) is 20.4. The van der Waals surface area contributed by atoms with Gasteiger partial charge >= 0.3 is 0 Å². The van der Waals surface area contributed by atoms with Crippen molar-refractivity contribution < 1.29 is 14.4 Å². The molecule has 5 heteroatoms. The van der Waals surface area contributed by atoms with E-state index in [2.05, 4.69) is 55.4 Å². The highest BCUT2D eigenvalue weighted by molar-refractivity contribution is 5.97. The molecule has 0 aromatic heterocycles. The number of fused-ring (bicyclic) bond motifs is 1. The average Bonchev–Trinajstić information content (AvgIpc) is 2.78. The van der Waals surface area contributed by atoms with Crippen LogP contribution in [0.15, 0.2) is 59.3 Å². The second-order valence-electron chi connectivity index (χ2n) is 7.87. The van der Waals surface area contributed by atoms with Gasteiger partial charge in [-0.3, -0.25) is 4.79 Å². The van der Waals surface area contributed by atoms with Crippen LogP contribution in [0, 0.1) is 0 Å². The van der Waals surface area contributed by atoms with Crippen LogP contribution in [0.1, 0.15) is 64.5 Å². The van der Waals surface area contributed by atoms with Crippen LogP contribution in [0.2, 0.25) is 0 Å². The Balaban J connectivity index is 2.34. The van der Waals surface area contributed by atoms with Crippen molar-refractivity contribution in [3.8, 4) is 0 Å². The van der Waals surface area contributed by atoms with E-state index in [0.29, 0.717) is 26.1 Å². The molecule has 1 aromatic rings. The zero-order valence-electron chi connectivity index (χ0n) is 20.1. The van der Waals surface area contributed by atoms with Crippen molar-refractivity contribution in [1.29, 1.82) is 0 Å². The molecule has 2 rings (SSSR count). The maximum atomic E-state index is 12.3. The lowest BCUT2D eigenvalue weighted by Gasteiger charge is -2.17. The highest BCUT2D eigenvalue weighted by atomic mass is 16.6. The van der Waals surface area contributed by atoms with Gasteiger partial charge in [0.15, 0.2) is 6.61 Å². The van der Waals surface area contributed by atoms with Gasteiger partial charge in [0.05, 0.1) is 12.3 Å². The van der Waals surface area contributed by atoms with Gasteiger partial charge in [0, 0.05) is 25.1 Å². The van der Waals surface area contributed by atoms with Crippen molar-refractivity contribution in [2.75, 3.05) is 26.3 Å². The molecule has 0 saturated heterocycles. The fourth-order valence-electron chi connectivity index (χ4n) is 3.63. The smallest absolute Gasteiger partial charge is 0.263 e. The van der Waals surface area contributed by atoms with Crippen molar-refractivity contribution >= 4 is 17.4 Å². The molecule has 0 bridgehead atoms. The Hall–Kier alpha value is -2.82. The zero-order valence-corrected chi connectivity index (χ0v) is 20.1. The highest BCUT2D eigenvalue weighted by Crippen LogP contribution is 2.23. The lowest BCUT2D eigenvalue weighted by Crippen LogP contribution is -2.33. The quantitative estimate of drug-likeness (QED) is 0.409. The van der Waals surface area contributed by atoms with E-state index in [1.807, 2.05) is 26.0 Å². The van der Waals surface area contributed by atoms with Crippen molar-refractivity contribution in [2.24, 2.45) is 5.16 Å². The van der Waals surface area contributed by atoms with Gasteiger partial charge in [-0.15, -0.1) is 0 Å². The number of rotatable bonds is 6. The van der Waals surface area contributed by atoms with Crippen molar-refractivity contribution in [3.05, 3.63) is 65.3 Å². The number of allylic oxidation sites excluding steroid dienone is 4. The summed E-state index contributed by atoms with van der Waals surface area (Å²) in [6.07, 6.45) is 12.9. The van der Waals surface area contributed by atoms with Gasteiger partial charge in [0.25, 0.3) is 5.91 Å². The molecule has 0 unspecified atom stereocenters. The molecule has 1 amide bonds. The van der Waals surface area contributed by atoms with Gasteiger partial charge < -0.3 is 14.5 Å². The Morgan fingerprint density at radius 1 is 1.16 bits per heavy atom. The average molecular weight is 439 g/mol. The minimum atomic E-state index is -0.0491. The lowest BCUT2D eigenvalue weighted by atomic mass is 9.98. The monoisotopic (exact) mass is 438 g/mol. The standard InChI is InChI=1S/C27H38N2O3/c1-5-14-26-25-17-12-11-16-23(25)20-24(28-32-21-27(30)29(6-2)7-3)19-22(4)15-10-8-9-13-18-31-26/h8-9,11-12,14,16-17,19H,5-7,10,13,15,18,20-21H2,1-4H3/b9-8+,22-19+,26-14+,28-24-. The summed E-state index contributed by atoms with van der Waals surface area (Å²) in [7, 11) is 0. The summed E-state index contributed by atoms with van der Waals surface area (Å²) in [5, 5.41) is 4.38. The summed E-state index contributed by atoms with van der Waals surface area (Å²) in [5.41, 5.74) is 4.25. The summed E-state index contributed by atoms with van der Waals surface area (Å²) in [6.45, 7) is 10.1. The number of hydrogen-bond donors (Lipinski definition) is 0. The van der Waals surface area contributed by atoms with Gasteiger partial charge in [-0.25, -0.2) is 0 Å². The predicted molar refractivity (Wildman–Crippen MR) is 132 cm³/mol. The number of ether oxygens (including phenoxy) is 1. The first-order chi connectivity index (χ1) is 15.6. The number of benzene rings is 1. The fraction of sp³-hybridized carbons (Fsp3) is 0.481. The minimum absolute atomic E-state index is 0.0481. The molecule has 1 heterocycles. The van der Waals surface area contributed by atoms with Gasteiger partial charge in [-0.1, -0.05) is 54.1 Å². The number of hydrogen-bond acceptors (Lipinski definition) is 4. The molecule has 5 nitrogen and oxygen atoms in total. The maximum absolute atomic E-state index is 12.3. The highest BCUT2D eigenvalue weighted by Gasteiger charge is 2.13. The van der Waals surface area contributed by atoms with Crippen LogP contribution >= 0.6 is 0 Å². The van der Waals surface area contributed by atoms with E-state index in [1.54, 1.807) is 4.90 Å². The first kappa shape index (κ1) is 25.4. The third kappa shape index (κ3) is 8.37. The number of oxime groups is 1. The Kier molecular flexibility index (Phi) is 11.4. The molecular weight excluding hydrogens is 400 g/mol. The van der Waals surface area contributed by atoms with E-state index in [0.717, 1.165) is 48.3 Å². The molecule has 0 N–H and O–H groups in total. The van der Waals surface area contributed by atoms with Crippen molar-refractivity contribution in [2.45, 2.75) is 59.8 Å². The molecule has 32 heavy (non-hydrogen) atoms. The predicted octanol–water partition coefficient (Wildman–Crippen LogP) is 5.92.